The summed E-state index contributed by atoms with van der Waals surface area (Å²) in [5, 5.41) is 4.37. The van der Waals surface area contributed by atoms with Crippen molar-refractivity contribution in [3.8, 4) is 5.75 Å². The van der Waals surface area contributed by atoms with Crippen molar-refractivity contribution in [2.75, 3.05) is 19.7 Å². The maximum absolute atomic E-state index is 10.8. The molecule has 1 fully saturated rings. The van der Waals surface area contributed by atoms with Gasteiger partial charge < -0.3 is 15.8 Å². The Morgan fingerprint density at radius 3 is 2.52 bits per heavy atom. The molecule has 0 aliphatic carbocycles. The quantitative estimate of drug-likeness (QED) is 0.638. The van der Waals surface area contributed by atoms with Gasteiger partial charge >= 0.3 is 0 Å². The van der Waals surface area contributed by atoms with Crippen molar-refractivity contribution < 1.29 is 30.6 Å². The van der Waals surface area contributed by atoms with Gasteiger partial charge in [-0.1, -0.05) is 25.0 Å². The Morgan fingerprint density at radius 2 is 1.90 bits per heavy atom. The summed E-state index contributed by atoms with van der Waals surface area (Å²) in [4.78, 5) is 10.8. The van der Waals surface area contributed by atoms with E-state index in [1.54, 1.807) is 0 Å². The molecule has 1 amide bonds. The van der Waals surface area contributed by atoms with Gasteiger partial charge in [-0.2, -0.15) is 0 Å². The van der Waals surface area contributed by atoms with Crippen molar-refractivity contribution >= 4 is 5.91 Å². The number of carbonyl (C=O) groups is 1. The third-order valence-corrected chi connectivity index (χ3v) is 3.72. The number of hydrogen-bond acceptors (Lipinski definition) is 2. The van der Waals surface area contributed by atoms with Crippen LogP contribution in [0.3, 0.4) is 0 Å². The molecule has 116 valence electrons. The molecular formula is C16H23N2O2W-. The Balaban J connectivity index is 0.00000220. The summed E-state index contributed by atoms with van der Waals surface area (Å²) in [6.45, 7) is 2.82. The second-order valence-corrected chi connectivity index (χ2v) is 5.39. The zero-order valence-electron chi connectivity index (χ0n) is 12.3. The largest absolute Gasteiger partial charge is 0.662 e. The van der Waals surface area contributed by atoms with Gasteiger partial charge in [0.1, 0.15) is 5.75 Å². The molecule has 0 saturated carbocycles. The molecule has 1 aromatic carbocycles. The first-order valence-electron chi connectivity index (χ1n) is 7.37. The molecule has 1 saturated heterocycles. The monoisotopic (exact) mass is 459 g/mol. The van der Waals surface area contributed by atoms with Crippen molar-refractivity contribution in [2.45, 2.75) is 32.1 Å². The van der Waals surface area contributed by atoms with Crippen LogP contribution in [-0.2, 0) is 32.3 Å². The molecule has 1 heterocycles. The minimum atomic E-state index is -0.308. The van der Waals surface area contributed by atoms with Gasteiger partial charge in [-0.15, -0.1) is 13.1 Å². The summed E-state index contributed by atoms with van der Waals surface area (Å²) in [5.74, 6) is 1.38. The first-order valence-corrected chi connectivity index (χ1v) is 7.37. The fraction of sp³-hybridized carbons (Fsp3) is 0.562. The molecule has 0 aromatic heterocycles. The molecule has 0 spiro atoms. The molecule has 1 aliphatic heterocycles. The number of rotatable bonds is 7. The van der Waals surface area contributed by atoms with E-state index >= 15 is 0 Å². The number of piperidine rings is 1. The van der Waals surface area contributed by atoms with Crippen LogP contribution in [0, 0.1) is 5.92 Å². The van der Waals surface area contributed by atoms with Gasteiger partial charge in [0, 0.05) is 21.1 Å². The number of hydrogen-bond donors (Lipinski definition) is 1. The zero-order valence-corrected chi connectivity index (χ0v) is 15.2. The molecule has 0 atom stereocenters. The first-order chi connectivity index (χ1) is 9.74. The van der Waals surface area contributed by atoms with E-state index in [4.69, 9.17) is 10.5 Å². The second kappa shape index (κ2) is 9.96. The van der Waals surface area contributed by atoms with Crippen molar-refractivity contribution in [1.82, 2.24) is 0 Å². The van der Waals surface area contributed by atoms with E-state index in [2.05, 4.69) is 5.32 Å². The van der Waals surface area contributed by atoms with Crippen LogP contribution in [-0.4, -0.2) is 25.6 Å². The zero-order chi connectivity index (χ0) is 14.2. The minimum absolute atomic E-state index is 0. The Labute approximate surface area is 141 Å². The predicted molar refractivity (Wildman–Crippen MR) is 79.9 cm³/mol. The van der Waals surface area contributed by atoms with E-state index in [9.17, 15) is 4.79 Å². The Kier molecular flexibility index (Phi) is 8.63. The van der Waals surface area contributed by atoms with Crippen LogP contribution in [0.15, 0.2) is 24.3 Å². The van der Waals surface area contributed by atoms with Gasteiger partial charge in [-0.3, -0.25) is 4.79 Å². The number of benzene rings is 1. The van der Waals surface area contributed by atoms with E-state index in [-0.39, 0.29) is 33.4 Å². The fourth-order valence-electron chi connectivity index (χ4n) is 2.56. The van der Waals surface area contributed by atoms with E-state index in [1.807, 2.05) is 24.3 Å². The molecule has 2 N–H and O–H groups in total. The topological polar surface area (TPSA) is 66.4 Å². The smallest absolute Gasteiger partial charge is 0.221 e. The number of nitrogens with zero attached hydrogens (tertiary/aromatic N) is 1. The number of amides is 1. The number of ether oxygens (including phenoxy) is 1. The average molecular weight is 459 g/mol. The van der Waals surface area contributed by atoms with Gasteiger partial charge in [0.15, 0.2) is 0 Å². The van der Waals surface area contributed by atoms with Gasteiger partial charge in [0.2, 0.25) is 5.91 Å². The summed E-state index contributed by atoms with van der Waals surface area (Å²) in [7, 11) is 0. The Bertz CT molecular complexity index is 417. The summed E-state index contributed by atoms with van der Waals surface area (Å²) < 4.78 is 5.72. The molecule has 4 nitrogen and oxygen atoms in total. The van der Waals surface area contributed by atoms with Crippen LogP contribution >= 0.6 is 0 Å². The summed E-state index contributed by atoms with van der Waals surface area (Å²) in [6, 6.07) is 7.58. The summed E-state index contributed by atoms with van der Waals surface area (Å²) >= 11 is 0. The predicted octanol–water partition coefficient (Wildman–Crippen LogP) is 2.65. The molecule has 0 radical (unpaired) electrons. The first kappa shape index (κ1) is 18.2. The maximum atomic E-state index is 10.8. The number of primary amides is 1. The van der Waals surface area contributed by atoms with Gasteiger partial charge in [-0.05, 0) is 36.5 Å². The number of carbonyl (C=O) groups excluding carboxylic acids is 1. The third-order valence-electron chi connectivity index (χ3n) is 3.72. The standard InChI is InChI=1S/C16H23N2O2.W/c17-16(19)12-14-3-5-15(6-4-14)20-11-1-2-13-7-9-18-10-8-13;/h3-6,13H,1-2,7-12H2,(H2,17,19);/q-1;. The normalized spacial score (nSPS) is 15.2. The van der Waals surface area contributed by atoms with Crippen LogP contribution in [0.25, 0.3) is 5.32 Å². The van der Waals surface area contributed by atoms with Crippen molar-refractivity contribution in [1.29, 1.82) is 0 Å². The summed E-state index contributed by atoms with van der Waals surface area (Å²) in [5.41, 5.74) is 6.08. The molecule has 5 heteroatoms. The fourth-order valence-corrected chi connectivity index (χ4v) is 2.56. The van der Waals surface area contributed by atoms with Crippen LogP contribution < -0.4 is 10.5 Å². The molecule has 21 heavy (non-hydrogen) atoms. The molecule has 0 unspecified atom stereocenters. The molecule has 2 rings (SSSR count). The van der Waals surface area contributed by atoms with E-state index < -0.39 is 0 Å². The van der Waals surface area contributed by atoms with Crippen molar-refractivity contribution in [2.24, 2.45) is 11.7 Å². The Hall–Kier alpha value is -0.862. The van der Waals surface area contributed by atoms with Gasteiger partial charge in [0.05, 0.1) is 13.0 Å². The Morgan fingerprint density at radius 1 is 1.24 bits per heavy atom. The van der Waals surface area contributed by atoms with E-state index in [1.165, 1.54) is 19.3 Å². The second-order valence-electron chi connectivity index (χ2n) is 5.39. The van der Waals surface area contributed by atoms with Gasteiger partial charge in [0.25, 0.3) is 0 Å². The maximum Gasteiger partial charge on any atom is 0.221 e. The van der Waals surface area contributed by atoms with Crippen LogP contribution in [0.2, 0.25) is 0 Å². The average Bonchev–Trinajstić information content (AvgIpc) is 2.46. The van der Waals surface area contributed by atoms with Crippen LogP contribution in [0.1, 0.15) is 31.2 Å². The SMILES string of the molecule is NC(=O)Cc1ccc(OCCCC2CC[N-]CC2)cc1.[W]. The van der Waals surface area contributed by atoms with E-state index in [0.717, 1.165) is 43.3 Å². The van der Waals surface area contributed by atoms with Gasteiger partial charge in [-0.25, -0.2) is 0 Å². The van der Waals surface area contributed by atoms with Crippen molar-refractivity contribution in [3.63, 3.8) is 0 Å². The molecular weight excluding hydrogens is 436 g/mol. The minimum Gasteiger partial charge on any atom is -0.662 e. The molecule has 1 aliphatic rings. The van der Waals surface area contributed by atoms with E-state index in [0.29, 0.717) is 0 Å². The molecule has 1 aromatic rings. The number of nitrogens with two attached hydrogens (primary N) is 1. The van der Waals surface area contributed by atoms with Crippen LogP contribution in [0.5, 0.6) is 5.75 Å². The molecule has 0 bridgehead atoms. The third kappa shape index (κ3) is 7.10. The van der Waals surface area contributed by atoms with Crippen LogP contribution in [0.4, 0.5) is 0 Å². The summed E-state index contributed by atoms with van der Waals surface area (Å²) in [6.07, 6.45) is 5.08. The van der Waals surface area contributed by atoms with Crippen molar-refractivity contribution in [3.05, 3.63) is 35.1 Å².